The Morgan fingerprint density at radius 2 is 1.80 bits per heavy atom. The molecule has 2 aliphatic heterocycles. The van der Waals surface area contributed by atoms with Crippen LogP contribution in [0.15, 0.2) is 18.2 Å². The van der Waals surface area contributed by atoms with Crippen LogP contribution in [0, 0.1) is 0 Å². The number of imide groups is 2. The van der Waals surface area contributed by atoms with Gasteiger partial charge in [0.2, 0.25) is 11.8 Å². The van der Waals surface area contributed by atoms with E-state index in [9.17, 15) is 19.2 Å². The van der Waals surface area contributed by atoms with Crippen LogP contribution >= 0.6 is 0 Å². The molecule has 1 aromatic carbocycles. The zero-order valence-corrected chi connectivity index (χ0v) is 17.4. The van der Waals surface area contributed by atoms with E-state index in [4.69, 9.17) is 0 Å². The van der Waals surface area contributed by atoms with E-state index in [-0.39, 0.29) is 18.7 Å². The summed E-state index contributed by atoms with van der Waals surface area (Å²) < 4.78 is 0. The van der Waals surface area contributed by atoms with Gasteiger partial charge >= 0.3 is 0 Å². The van der Waals surface area contributed by atoms with Gasteiger partial charge in [-0.05, 0) is 44.0 Å². The first-order chi connectivity index (χ1) is 14.4. The number of anilines is 1. The van der Waals surface area contributed by atoms with Crippen LogP contribution in [0.3, 0.4) is 0 Å². The van der Waals surface area contributed by atoms with E-state index in [1.54, 1.807) is 12.1 Å². The van der Waals surface area contributed by atoms with Gasteiger partial charge in [-0.15, -0.1) is 0 Å². The van der Waals surface area contributed by atoms with Gasteiger partial charge in [0.25, 0.3) is 11.8 Å². The standard InChI is InChI=1S/C22H28N4O4/c1-3-23-16-6-4-5-7-17(16)25(2)13-8-9-14-15(12-13)22(30)26(21(14)29)18-10-11-19(27)24-20(18)28/h8-9,12,16-18,23H,3-7,10-11H2,1-2H3,(H,24,27,28)/t16-,17+,18?/m0/s1. The molecule has 2 N–H and O–H groups in total. The van der Waals surface area contributed by atoms with E-state index in [0.29, 0.717) is 23.2 Å². The van der Waals surface area contributed by atoms with Crippen molar-refractivity contribution in [1.29, 1.82) is 0 Å². The van der Waals surface area contributed by atoms with Crippen LogP contribution in [-0.4, -0.2) is 60.2 Å². The molecule has 30 heavy (non-hydrogen) atoms. The van der Waals surface area contributed by atoms with E-state index in [0.717, 1.165) is 30.0 Å². The molecule has 8 nitrogen and oxygen atoms in total. The minimum absolute atomic E-state index is 0.116. The first-order valence-electron chi connectivity index (χ1n) is 10.7. The average molecular weight is 412 g/mol. The Balaban J connectivity index is 1.59. The molecular weight excluding hydrogens is 384 g/mol. The van der Waals surface area contributed by atoms with Crippen LogP contribution in [0.4, 0.5) is 5.69 Å². The fraction of sp³-hybridized carbons (Fsp3) is 0.545. The van der Waals surface area contributed by atoms with E-state index in [1.807, 2.05) is 13.1 Å². The Morgan fingerprint density at radius 3 is 2.53 bits per heavy atom. The molecule has 0 spiro atoms. The fourth-order valence-electron chi connectivity index (χ4n) is 4.95. The van der Waals surface area contributed by atoms with Gasteiger partial charge in [-0.2, -0.15) is 0 Å². The van der Waals surface area contributed by atoms with Crippen molar-refractivity contribution < 1.29 is 19.2 Å². The molecular formula is C22H28N4O4. The van der Waals surface area contributed by atoms with Crippen LogP contribution < -0.4 is 15.5 Å². The van der Waals surface area contributed by atoms with Gasteiger partial charge < -0.3 is 10.2 Å². The monoisotopic (exact) mass is 412 g/mol. The van der Waals surface area contributed by atoms with Gasteiger partial charge in [0.15, 0.2) is 0 Å². The molecule has 4 amide bonds. The quantitative estimate of drug-likeness (QED) is 0.710. The first kappa shape index (κ1) is 20.5. The zero-order valence-electron chi connectivity index (χ0n) is 17.4. The van der Waals surface area contributed by atoms with Crippen LogP contribution in [0.1, 0.15) is 66.2 Å². The van der Waals surface area contributed by atoms with Gasteiger partial charge in [-0.3, -0.25) is 29.4 Å². The molecule has 1 aliphatic carbocycles. The third-order valence-electron chi connectivity index (χ3n) is 6.52. The number of nitrogens with zero attached hydrogens (tertiary/aromatic N) is 2. The number of hydrogen-bond donors (Lipinski definition) is 2. The van der Waals surface area contributed by atoms with Crippen LogP contribution in [0.25, 0.3) is 0 Å². The first-order valence-corrected chi connectivity index (χ1v) is 10.7. The molecule has 160 valence electrons. The van der Waals surface area contributed by atoms with Crippen molar-refractivity contribution in [3.63, 3.8) is 0 Å². The molecule has 1 unspecified atom stereocenters. The smallest absolute Gasteiger partial charge is 0.262 e. The summed E-state index contributed by atoms with van der Waals surface area (Å²) in [4.78, 5) is 52.8. The predicted molar refractivity (Wildman–Crippen MR) is 111 cm³/mol. The molecule has 2 fully saturated rings. The van der Waals surface area contributed by atoms with Crippen molar-refractivity contribution >= 4 is 29.3 Å². The van der Waals surface area contributed by atoms with Gasteiger partial charge in [-0.25, -0.2) is 0 Å². The summed E-state index contributed by atoms with van der Waals surface area (Å²) in [5, 5.41) is 5.79. The number of hydrogen-bond acceptors (Lipinski definition) is 6. The Labute approximate surface area is 176 Å². The summed E-state index contributed by atoms with van der Waals surface area (Å²) >= 11 is 0. The molecule has 3 aliphatic rings. The lowest BCUT2D eigenvalue weighted by Crippen LogP contribution is -2.54. The molecule has 0 bridgehead atoms. The van der Waals surface area contributed by atoms with Gasteiger partial charge in [0, 0.05) is 31.2 Å². The lowest BCUT2D eigenvalue weighted by Gasteiger charge is -2.39. The molecule has 4 rings (SSSR count). The maximum atomic E-state index is 13.1. The summed E-state index contributed by atoms with van der Waals surface area (Å²) in [6.07, 6.45) is 4.85. The number of piperidine rings is 1. The third kappa shape index (κ3) is 3.49. The van der Waals surface area contributed by atoms with Crippen LogP contribution in [0.5, 0.6) is 0 Å². The number of benzene rings is 1. The number of fused-ring (bicyclic) bond motifs is 1. The van der Waals surface area contributed by atoms with Gasteiger partial charge in [0.1, 0.15) is 6.04 Å². The number of nitrogens with one attached hydrogen (secondary N) is 2. The second kappa shape index (κ2) is 8.18. The Kier molecular flexibility index (Phi) is 5.60. The largest absolute Gasteiger partial charge is 0.370 e. The van der Waals surface area contributed by atoms with Crippen molar-refractivity contribution in [2.45, 2.75) is 63.6 Å². The third-order valence-corrected chi connectivity index (χ3v) is 6.52. The van der Waals surface area contributed by atoms with Crippen LogP contribution in [0.2, 0.25) is 0 Å². The van der Waals surface area contributed by atoms with Gasteiger partial charge in [0.05, 0.1) is 11.1 Å². The minimum atomic E-state index is -0.937. The minimum Gasteiger partial charge on any atom is -0.370 e. The highest BCUT2D eigenvalue weighted by Gasteiger charge is 2.44. The lowest BCUT2D eigenvalue weighted by molar-refractivity contribution is -0.136. The van der Waals surface area contributed by atoms with E-state index in [1.165, 1.54) is 12.8 Å². The summed E-state index contributed by atoms with van der Waals surface area (Å²) in [7, 11) is 2.03. The highest BCUT2D eigenvalue weighted by molar-refractivity contribution is 6.23. The van der Waals surface area contributed by atoms with Crippen molar-refractivity contribution in [2.75, 3.05) is 18.5 Å². The normalized spacial score (nSPS) is 26.6. The molecule has 8 heteroatoms. The van der Waals surface area contributed by atoms with E-state index >= 15 is 0 Å². The van der Waals surface area contributed by atoms with Crippen LogP contribution in [-0.2, 0) is 9.59 Å². The topological polar surface area (TPSA) is 98.8 Å². The molecule has 1 saturated carbocycles. The molecule has 0 radical (unpaired) electrons. The number of rotatable bonds is 5. The highest BCUT2D eigenvalue weighted by Crippen LogP contribution is 2.32. The second-order valence-corrected chi connectivity index (χ2v) is 8.30. The lowest BCUT2D eigenvalue weighted by atomic mass is 9.89. The number of likely N-dealkylation sites (N-methyl/N-ethyl adjacent to an activating group) is 2. The second-order valence-electron chi connectivity index (χ2n) is 8.30. The van der Waals surface area contributed by atoms with Crippen molar-refractivity contribution in [1.82, 2.24) is 15.5 Å². The van der Waals surface area contributed by atoms with E-state index in [2.05, 4.69) is 22.5 Å². The van der Waals surface area contributed by atoms with Crippen molar-refractivity contribution in [2.24, 2.45) is 0 Å². The Bertz CT molecular complexity index is 897. The van der Waals surface area contributed by atoms with Crippen molar-refractivity contribution in [3.8, 4) is 0 Å². The Morgan fingerprint density at radius 1 is 1.07 bits per heavy atom. The number of amides is 4. The SMILES string of the molecule is CCN[C@H]1CCCC[C@H]1N(C)c1ccc2c(c1)C(=O)N(C1CCC(=O)NC1=O)C2=O. The Hall–Kier alpha value is -2.74. The molecule has 2 heterocycles. The maximum absolute atomic E-state index is 13.1. The van der Waals surface area contributed by atoms with Crippen molar-refractivity contribution in [3.05, 3.63) is 29.3 Å². The average Bonchev–Trinajstić information content (AvgIpc) is 2.98. The maximum Gasteiger partial charge on any atom is 0.262 e. The van der Waals surface area contributed by atoms with E-state index < -0.39 is 23.8 Å². The highest BCUT2D eigenvalue weighted by atomic mass is 16.2. The predicted octanol–water partition coefficient (Wildman–Crippen LogP) is 1.44. The summed E-state index contributed by atoms with van der Waals surface area (Å²) in [6.45, 7) is 3.02. The van der Waals surface area contributed by atoms with Gasteiger partial charge in [-0.1, -0.05) is 19.8 Å². The summed E-state index contributed by atoms with van der Waals surface area (Å²) in [5.74, 6) is -1.90. The molecule has 1 aromatic rings. The number of carbonyl (C=O) groups is 4. The molecule has 0 aromatic heterocycles. The number of carbonyl (C=O) groups excluding carboxylic acids is 4. The summed E-state index contributed by atoms with van der Waals surface area (Å²) in [6, 6.07) is 5.08. The molecule has 3 atom stereocenters. The summed E-state index contributed by atoms with van der Waals surface area (Å²) in [5.41, 5.74) is 1.52. The zero-order chi connectivity index (χ0) is 21.4. The fourth-order valence-corrected chi connectivity index (χ4v) is 4.95. The molecule has 1 saturated heterocycles.